The van der Waals surface area contributed by atoms with Crippen LogP contribution in [0.3, 0.4) is 0 Å². The minimum atomic E-state index is -0.357. The fourth-order valence-electron chi connectivity index (χ4n) is 2.33. The van der Waals surface area contributed by atoms with E-state index in [0.29, 0.717) is 22.0 Å². The van der Waals surface area contributed by atoms with E-state index in [9.17, 15) is 14.4 Å². The number of carbonyl (C=O) groups excluding carboxylic acids is 3. The summed E-state index contributed by atoms with van der Waals surface area (Å²) in [7, 11) is 3.07. The number of likely N-dealkylation sites (N-methyl/N-ethyl adjacent to an activating group) is 1. The van der Waals surface area contributed by atoms with Gasteiger partial charge in [-0.1, -0.05) is 35.9 Å². The van der Waals surface area contributed by atoms with Gasteiger partial charge in [0.05, 0.1) is 29.4 Å². The van der Waals surface area contributed by atoms with Crippen molar-refractivity contribution in [1.29, 1.82) is 0 Å². The first-order chi connectivity index (χ1) is 12.9. The van der Waals surface area contributed by atoms with Gasteiger partial charge < -0.3 is 20.9 Å². The van der Waals surface area contributed by atoms with E-state index in [1.54, 1.807) is 48.5 Å². The monoisotopic (exact) mass is 388 g/mol. The van der Waals surface area contributed by atoms with Gasteiger partial charge in [-0.05, 0) is 24.3 Å². The van der Waals surface area contributed by atoms with Crippen LogP contribution in [0.2, 0.25) is 5.02 Å². The maximum atomic E-state index is 12.3. The zero-order valence-electron chi connectivity index (χ0n) is 15.1. The lowest BCUT2D eigenvalue weighted by Gasteiger charge is -2.18. The molecule has 0 aromatic heterocycles. The molecule has 0 radical (unpaired) electrons. The second-order valence-corrected chi connectivity index (χ2v) is 6.16. The van der Waals surface area contributed by atoms with Crippen LogP contribution in [0.5, 0.6) is 0 Å². The molecule has 27 heavy (non-hydrogen) atoms. The molecule has 142 valence electrons. The summed E-state index contributed by atoms with van der Waals surface area (Å²) in [5.41, 5.74) is 1.47. The highest BCUT2D eigenvalue weighted by Crippen LogP contribution is 2.20. The zero-order valence-corrected chi connectivity index (χ0v) is 15.8. The van der Waals surface area contributed by atoms with E-state index in [0.717, 1.165) is 0 Å². The molecule has 2 aromatic carbocycles. The topological polar surface area (TPSA) is 90.5 Å². The number of anilines is 2. The molecule has 0 aliphatic carbocycles. The van der Waals surface area contributed by atoms with E-state index in [1.165, 1.54) is 19.0 Å². The van der Waals surface area contributed by atoms with E-state index in [2.05, 4.69) is 16.0 Å². The summed E-state index contributed by atoms with van der Waals surface area (Å²) in [6.07, 6.45) is 0. The first kappa shape index (κ1) is 20.3. The summed E-state index contributed by atoms with van der Waals surface area (Å²) < 4.78 is 0. The molecule has 0 unspecified atom stereocenters. The van der Waals surface area contributed by atoms with Gasteiger partial charge in [-0.3, -0.25) is 14.4 Å². The molecule has 0 bridgehead atoms. The molecule has 0 heterocycles. The molecule has 2 rings (SSSR count). The van der Waals surface area contributed by atoms with Crippen LogP contribution in [-0.2, 0) is 9.59 Å². The van der Waals surface area contributed by atoms with Crippen LogP contribution in [0.25, 0.3) is 0 Å². The van der Waals surface area contributed by atoms with Gasteiger partial charge in [0.1, 0.15) is 0 Å². The molecule has 0 spiro atoms. The Morgan fingerprint density at radius 2 is 1.63 bits per heavy atom. The molecule has 0 saturated heterocycles. The summed E-state index contributed by atoms with van der Waals surface area (Å²) in [5.74, 6) is -0.904. The average Bonchev–Trinajstić information content (AvgIpc) is 2.67. The van der Waals surface area contributed by atoms with Crippen LogP contribution >= 0.6 is 11.6 Å². The van der Waals surface area contributed by atoms with Crippen molar-refractivity contribution >= 4 is 40.7 Å². The number of nitrogens with zero attached hydrogens (tertiary/aromatic N) is 1. The van der Waals surface area contributed by atoms with Gasteiger partial charge in [0.25, 0.3) is 5.91 Å². The highest BCUT2D eigenvalue weighted by molar-refractivity contribution is 6.33. The van der Waals surface area contributed by atoms with E-state index >= 15 is 0 Å². The van der Waals surface area contributed by atoms with Crippen LogP contribution in [-0.4, -0.2) is 49.8 Å². The lowest BCUT2D eigenvalue weighted by molar-refractivity contribution is -0.131. The number of rotatable bonds is 7. The Kier molecular flexibility index (Phi) is 7.19. The Morgan fingerprint density at radius 1 is 1.00 bits per heavy atom. The lowest BCUT2D eigenvalue weighted by Crippen LogP contribution is -2.38. The Labute approximate surface area is 162 Å². The molecule has 2 aromatic rings. The third-order valence-corrected chi connectivity index (χ3v) is 4.11. The summed E-state index contributed by atoms with van der Waals surface area (Å²) in [4.78, 5) is 37.5. The van der Waals surface area contributed by atoms with Crippen LogP contribution in [0.4, 0.5) is 11.4 Å². The predicted octanol–water partition coefficient (Wildman–Crippen LogP) is 2.21. The van der Waals surface area contributed by atoms with Crippen molar-refractivity contribution in [1.82, 2.24) is 10.2 Å². The number of hydrogen-bond donors (Lipinski definition) is 3. The van der Waals surface area contributed by atoms with Crippen molar-refractivity contribution in [2.45, 2.75) is 0 Å². The molecule has 7 nitrogen and oxygen atoms in total. The maximum Gasteiger partial charge on any atom is 0.253 e. The van der Waals surface area contributed by atoms with Crippen LogP contribution in [0, 0.1) is 0 Å². The van der Waals surface area contributed by atoms with Gasteiger partial charge in [-0.25, -0.2) is 0 Å². The number of halogens is 1. The van der Waals surface area contributed by atoms with Crippen molar-refractivity contribution in [2.24, 2.45) is 0 Å². The van der Waals surface area contributed by atoms with Gasteiger partial charge in [0, 0.05) is 19.8 Å². The molecule has 0 aliphatic rings. The second kappa shape index (κ2) is 9.59. The number of benzene rings is 2. The Morgan fingerprint density at radius 3 is 2.30 bits per heavy atom. The van der Waals surface area contributed by atoms with Gasteiger partial charge >= 0.3 is 0 Å². The summed E-state index contributed by atoms with van der Waals surface area (Å²) >= 11 is 6.00. The first-order valence-corrected chi connectivity index (χ1v) is 8.63. The number of nitrogens with one attached hydrogen (secondary N) is 3. The maximum absolute atomic E-state index is 12.3. The summed E-state index contributed by atoms with van der Waals surface area (Å²) in [5, 5.41) is 8.57. The third kappa shape index (κ3) is 5.72. The lowest BCUT2D eigenvalue weighted by atomic mass is 10.1. The van der Waals surface area contributed by atoms with Crippen molar-refractivity contribution < 1.29 is 14.4 Å². The highest BCUT2D eigenvalue weighted by atomic mass is 35.5. The van der Waals surface area contributed by atoms with Crippen LogP contribution in [0.15, 0.2) is 48.5 Å². The van der Waals surface area contributed by atoms with Crippen molar-refractivity contribution in [3.8, 4) is 0 Å². The number of carbonyl (C=O) groups is 3. The van der Waals surface area contributed by atoms with Crippen molar-refractivity contribution in [3.05, 3.63) is 59.1 Å². The minimum Gasteiger partial charge on any atom is -0.376 e. The molecule has 0 saturated carbocycles. The Balaban J connectivity index is 1.90. The van der Waals surface area contributed by atoms with E-state index in [-0.39, 0.29) is 30.8 Å². The smallest absolute Gasteiger partial charge is 0.253 e. The SMILES string of the molecule is CNC(=O)c1ccccc1NCC(=O)N(C)CC(=O)Nc1ccccc1Cl. The molecule has 0 aliphatic heterocycles. The number of hydrogen-bond acceptors (Lipinski definition) is 4. The Hall–Kier alpha value is -3.06. The molecule has 3 N–H and O–H groups in total. The largest absolute Gasteiger partial charge is 0.376 e. The second-order valence-electron chi connectivity index (χ2n) is 5.76. The van der Waals surface area contributed by atoms with E-state index < -0.39 is 0 Å². The van der Waals surface area contributed by atoms with Gasteiger partial charge in [0.2, 0.25) is 11.8 Å². The standard InChI is InChI=1S/C19H21ClN4O3/c1-21-19(27)13-7-3-5-9-15(13)22-11-18(26)24(2)12-17(25)23-16-10-6-4-8-14(16)20/h3-10,22H,11-12H2,1-2H3,(H,21,27)(H,23,25). The van der Waals surface area contributed by atoms with Crippen LogP contribution < -0.4 is 16.0 Å². The van der Waals surface area contributed by atoms with Gasteiger partial charge in [0.15, 0.2) is 0 Å². The van der Waals surface area contributed by atoms with E-state index in [4.69, 9.17) is 11.6 Å². The highest BCUT2D eigenvalue weighted by Gasteiger charge is 2.15. The van der Waals surface area contributed by atoms with E-state index in [1.807, 2.05) is 0 Å². The molecule has 8 heteroatoms. The first-order valence-electron chi connectivity index (χ1n) is 8.25. The molecular formula is C19H21ClN4O3. The fraction of sp³-hybridized carbons (Fsp3) is 0.211. The third-order valence-electron chi connectivity index (χ3n) is 3.78. The molecule has 3 amide bonds. The zero-order chi connectivity index (χ0) is 19.8. The number of para-hydroxylation sites is 2. The van der Waals surface area contributed by atoms with Crippen molar-refractivity contribution in [3.63, 3.8) is 0 Å². The van der Waals surface area contributed by atoms with Gasteiger partial charge in [-0.2, -0.15) is 0 Å². The molecule has 0 fully saturated rings. The van der Waals surface area contributed by atoms with Crippen LogP contribution in [0.1, 0.15) is 10.4 Å². The molecule has 0 atom stereocenters. The Bertz CT molecular complexity index is 841. The summed E-state index contributed by atoms with van der Waals surface area (Å²) in [6.45, 7) is -0.174. The summed E-state index contributed by atoms with van der Waals surface area (Å²) in [6, 6.07) is 13.7. The normalized spacial score (nSPS) is 10.0. The van der Waals surface area contributed by atoms with Gasteiger partial charge in [-0.15, -0.1) is 0 Å². The van der Waals surface area contributed by atoms with Crippen molar-refractivity contribution in [2.75, 3.05) is 37.8 Å². The minimum absolute atomic E-state index is 0.0517. The number of amides is 3. The fourth-order valence-corrected chi connectivity index (χ4v) is 2.51. The predicted molar refractivity (Wildman–Crippen MR) is 106 cm³/mol. The molecular weight excluding hydrogens is 368 g/mol. The quantitative estimate of drug-likeness (QED) is 0.678. The average molecular weight is 389 g/mol.